The van der Waals surface area contributed by atoms with Gasteiger partial charge in [-0.05, 0) is 25.8 Å². The lowest BCUT2D eigenvalue weighted by molar-refractivity contribution is -0.0707. The monoisotopic (exact) mass is 237 g/mol. The summed E-state index contributed by atoms with van der Waals surface area (Å²) in [6, 6.07) is 2.18. The smallest absolute Gasteiger partial charge is 0.0678 e. The van der Waals surface area contributed by atoms with Crippen LogP contribution in [0.4, 0.5) is 0 Å². The molecule has 0 saturated carbocycles. The van der Waals surface area contributed by atoms with Gasteiger partial charge in [0.1, 0.15) is 0 Å². The summed E-state index contributed by atoms with van der Waals surface area (Å²) in [7, 11) is 0. The van der Waals surface area contributed by atoms with E-state index in [1.54, 1.807) is 0 Å². The molecule has 4 heteroatoms. The molecule has 0 radical (unpaired) electrons. The Morgan fingerprint density at radius 3 is 2.59 bits per heavy atom. The maximum Gasteiger partial charge on any atom is 0.0678 e. The van der Waals surface area contributed by atoms with Gasteiger partial charge < -0.3 is 4.74 Å². The van der Waals surface area contributed by atoms with Gasteiger partial charge in [-0.3, -0.25) is 10.00 Å². The van der Waals surface area contributed by atoms with Gasteiger partial charge in [0.05, 0.1) is 17.9 Å². The molecule has 17 heavy (non-hydrogen) atoms. The molecule has 1 N–H and O–H groups in total. The van der Waals surface area contributed by atoms with Crippen LogP contribution in [0.15, 0.2) is 6.07 Å². The Bertz CT molecular complexity index is 351. The quantitative estimate of drug-likeness (QED) is 0.875. The number of ether oxygens (including phenoxy) is 1. The molecule has 1 aliphatic heterocycles. The predicted molar refractivity (Wildman–Crippen MR) is 68.0 cm³/mol. The summed E-state index contributed by atoms with van der Waals surface area (Å²) in [5.41, 5.74) is 2.35. The Morgan fingerprint density at radius 2 is 2.06 bits per heavy atom. The molecular weight excluding hydrogens is 214 g/mol. The van der Waals surface area contributed by atoms with Crippen LogP contribution in [0.5, 0.6) is 0 Å². The van der Waals surface area contributed by atoms with Crippen molar-refractivity contribution >= 4 is 0 Å². The first-order valence-electron chi connectivity index (χ1n) is 6.46. The second-order valence-corrected chi connectivity index (χ2v) is 5.42. The fraction of sp³-hybridized carbons (Fsp3) is 0.769. The minimum Gasteiger partial charge on any atom is -0.373 e. The van der Waals surface area contributed by atoms with Gasteiger partial charge in [-0.2, -0.15) is 5.10 Å². The summed E-state index contributed by atoms with van der Waals surface area (Å²) < 4.78 is 5.73. The number of rotatable bonds is 3. The van der Waals surface area contributed by atoms with Crippen LogP contribution in [0.3, 0.4) is 0 Å². The lowest BCUT2D eigenvalue weighted by Gasteiger charge is -2.34. The molecule has 0 aliphatic carbocycles. The molecule has 1 aromatic heterocycles. The van der Waals surface area contributed by atoms with Crippen LogP contribution in [-0.2, 0) is 11.3 Å². The van der Waals surface area contributed by atoms with Crippen molar-refractivity contribution in [3.63, 3.8) is 0 Å². The lowest BCUT2D eigenvalue weighted by Crippen LogP contribution is -2.44. The average Bonchev–Trinajstić information content (AvgIpc) is 2.64. The third-order valence-electron chi connectivity index (χ3n) is 3.13. The van der Waals surface area contributed by atoms with E-state index in [-0.39, 0.29) is 0 Å². The van der Waals surface area contributed by atoms with Gasteiger partial charge in [-0.25, -0.2) is 0 Å². The summed E-state index contributed by atoms with van der Waals surface area (Å²) in [5.74, 6) is 0.488. The molecular formula is C13H23N3O. The molecule has 96 valence electrons. The van der Waals surface area contributed by atoms with Crippen LogP contribution in [0.1, 0.15) is 45.0 Å². The van der Waals surface area contributed by atoms with Crippen LogP contribution in [-0.4, -0.2) is 40.4 Å². The zero-order valence-electron chi connectivity index (χ0n) is 11.2. The fourth-order valence-electron chi connectivity index (χ4n) is 2.41. The van der Waals surface area contributed by atoms with Gasteiger partial charge in [0.2, 0.25) is 0 Å². The number of aromatic nitrogens is 2. The maximum absolute atomic E-state index is 5.73. The number of aromatic amines is 1. The molecule has 0 bridgehead atoms. The summed E-state index contributed by atoms with van der Waals surface area (Å²) in [4.78, 5) is 2.43. The summed E-state index contributed by atoms with van der Waals surface area (Å²) >= 11 is 0. The summed E-state index contributed by atoms with van der Waals surface area (Å²) in [6.07, 6.45) is 0.650. The van der Waals surface area contributed by atoms with Gasteiger partial charge in [-0.1, -0.05) is 13.8 Å². The summed E-state index contributed by atoms with van der Waals surface area (Å²) in [5, 5.41) is 7.47. The van der Waals surface area contributed by atoms with Crippen molar-refractivity contribution in [2.24, 2.45) is 0 Å². The van der Waals surface area contributed by atoms with E-state index in [2.05, 4.69) is 48.9 Å². The first kappa shape index (κ1) is 12.6. The van der Waals surface area contributed by atoms with E-state index >= 15 is 0 Å². The second-order valence-electron chi connectivity index (χ2n) is 5.42. The molecule has 0 unspecified atom stereocenters. The van der Waals surface area contributed by atoms with Crippen molar-refractivity contribution < 1.29 is 4.74 Å². The SMILES string of the molecule is CC(C)c1cc(CN2C[C@@H](C)O[C@@H](C)C2)[nH]n1. The topological polar surface area (TPSA) is 41.1 Å². The summed E-state index contributed by atoms with van der Waals surface area (Å²) in [6.45, 7) is 11.5. The van der Waals surface area contributed by atoms with Gasteiger partial charge >= 0.3 is 0 Å². The highest BCUT2D eigenvalue weighted by Gasteiger charge is 2.22. The third kappa shape index (κ3) is 3.30. The van der Waals surface area contributed by atoms with Gasteiger partial charge in [-0.15, -0.1) is 0 Å². The Morgan fingerprint density at radius 1 is 1.41 bits per heavy atom. The molecule has 4 nitrogen and oxygen atoms in total. The Kier molecular flexibility index (Phi) is 3.84. The van der Waals surface area contributed by atoms with Crippen molar-refractivity contribution in [1.29, 1.82) is 0 Å². The van der Waals surface area contributed by atoms with Crippen molar-refractivity contribution in [1.82, 2.24) is 15.1 Å². The van der Waals surface area contributed by atoms with E-state index in [9.17, 15) is 0 Å². The molecule has 1 fully saturated rings. The zero-order chi connectivity index (χ0) is 12.4. The highest BCUT2D eigenvalue weighted by Crippen LogP contribution is 2.16. The molecule has 0 amide bonds. The van der Waals surface area contributed by atoms with Crippen LogP contribution >= 0.6 is 0 Å². The maximum atomic E-state index is 5.73. The van der Waals surface area contributed by atoms with Crippen molar-refractivity contribution in [2.45, 2.75) is 52.4 Å². The average molecular weight is 237 g/mol. The van der Waals surface area contributed by atoms with Crippen molar-refractivity contribution in [2.75, 3.05) is 13.1 Å². The van der Waals surface area contributed by atoms with Gasteiger partial charge in [0.15, 0.2) is 0 Å². The number of H-pyrrole nitrogens is 1. The number of morpholine rings is 1. The molecule has 1 aromatic rings. The van der Waals surface area contributed by atoms with Crippen LogP contribution < -0.4 is 0 Å². The lowest BCUT2D eigenvalue weighted by atomic mass is 10.1. The minimum absolute atomic E-state index is 0.325. The molecule has 0 spiro atoms. The van der Waals surface area contributed by atoms with Gasteiger partial charge in [0.25, 0.3) is 0 Å². The van der Waals surface area contributed by atoms with E-state index in [4.69, 9.17) is 4.74 Å². The fourth-order valence-corrected chi connectivity index (χ4v) is 2.41. The third-order valence-corrected chi connectivity index (χ3v) is 3.13. The molecule has 2 rings (SSSR count). The number of hydrogen-bond donors (Lipinski definition) is 1. The largest absolute Gasteiger partial charge is 0.373 e. The molecule has 2 heterocycles. The van der Waals surface area contributed by atoms with E-state index in [1.807, 2.05) is 0 Å². The van der Waals surface area contributed by atoms with E-state index < -0.39 is 0 Å². The van der Waals surface area contributed by atoms with Crippen LogP contribution in [0.2, 0.25) is 0 Å². The molecule has 2 atom stereocenters. The van der Waals surface area contributed by atoms with Crippen LogP contribution in [0.25, 0.3) is 0 Å². The number of nitrogens with one attached hydrogen (secondary N) is 1. The molecule has 1 aliphatic rings. The number of hydrogen-bond acceptors (Lipinski definition) is 3. The highest BCUT2D eigenvalue weighted by molar-refractivity contribution is 5.11. The molecule has 0 aromatic carbocycles. The van der Waals surface area contributed by atoms with Crippen molar-refractivity contribution in [3.8, 4) is 0 Å². The normalized spacial score (nSPS) is 26.6. The Hall–Kier alpha value is -0.870. The minimum atomic E-state index is 0.325. The van der Waals surface area contributed by atoms with Gasteiger partial charge in [0, 0.05) is 25.3 Å². The first-order chi connectivity index (χ1) is 8.04. The Balaban J connectivity index is 1.95. The second kappa shape index (κ2) is 5.19. The van der Waals surface area contributed by atoms with Crippen molar-refractivity contribution in [3.05, 3.63) is 17.5 Å². The van der Waals surface area contributed by atoms with E-state index in [0.29, 0.717) is 18.1 Å². The zero-order valence-corrected chi connectivity index (χ0v) is 11.2. The van der Waals surface area contributed by atoms with E-state index in [0.717, 1.165) is 25.3 Å². The van der Waals surface area contributed by atoms with Crippen LogP contribution in [0, 0.1) is 0 Å². The Labute approximate surface area is 103 Å². The standard InChI is InChI=1S/C13H23N3O/c1-9(2)13-5-12(14-15-13)8-16-6-10(3)17-11(4)7-16/h5,9-11H,6-8H2,1-4H3,(H,14,15)/t10-,11+. The number of nitrogens with zero attached hydrogens (tertiary/aromatic N) is 2. The first-order valence-corrected chi connectivity index (χ1v) is 6.46. The predicted octanol–water partition coefficient (Wildman–Crippen LogP) is 2.14. The van der Waals surface area contributed by atoms with E-state index in [1.165, 1.54) is 5.69 Å². The molecule has 1 saturated heterocycles. The highest BCUT2D eigenvalue weighted by atomic mass is 16.5.